The third-order valence-corrected chi connectivity index (χ3v) is 3.35. The van der Waals surface area contributed by atoms with Gasteiger partial charge >= 0.3 is 0 Å². The fourth-order valence-electron chi connectivity index (χ4n) is 2.44. The monoisotopic (exact) mass is 249 g/mol. The van der Waals surface area contributed by atoms with Crippen LogP contribution in [0.4, 0.5) is 0 Å². The number of rotatable bonds is 7. The second kappa shape index (κ2) is 6.76. The first-order valence-corrected chi connectivity index (χ1v) is 6.74. The lowest BCUT2D eigenvalue weighted by molar-refractivity contribution is 0.186. The molecule has 0 aromatic heterocycles. The molecule has 1 aromatic rings. The Hall–Kier alpha value is -1.06. The summed E-state index contributed by atoms with van der Waals surface area (Å²) in [4.78, 5) is 0. The van der Waals surface area contributed by atoms with Gasteiger partial charge in [0.15, 0.2) is 0 Å². The zero-order valence-corrected chi connectivity index (χ0v) is 11.3. The van der Waals surface area contributed by atoms with E-state index in [-0.39, 0.29) is 0 Å². The van der Waals surface area contributed by atoms with Gasteiger partial charge in [-0.05, 0) is 30.5 Å². The van der Waals surface area contributed by atoms with Gasteiger partial charge in [0.2, 0.25) is 0 Å². The number of nitrogens with one attached hydrogen (secondary N) is 1. The van der Waals surface area contributed by atoms with Crippen molar-refractivity contribution in [1.29, 1.82) is 0 Å². The topological polar surface area (TPSA) is 30.5 Å². The minimum Gasteiger partial charge on any atom is -0.490 e. The number of benzene rings is 1. The fraction of sp³-hybridized carbons (Fsp3) is 0.600. The first-order valence-electron chi connectivity index (χ1n) is 6.74. The van der Waals surface area contributed by atoms with E-state index in [1.807, 2.05) is 6.07 Å². The van der Waals surface area contributed by atoms with Gasteiger partial charge in [-0.2, -0.15) is 0 Å². The second-order valence-electron chi connectivity index (χ2n) is 5.09. The van der Waals surface area contributed by atoms with Crippen LogP contribution in [-0.4, -0.2) is 32.9 Å². The highest BCUT2D eigenvalue weighted by atomic mass is 16.5. The van der Waals surface area contributed by atoms with Gasteiger partial charge in [-0.15, -0.1) is 0 Å². The molecule has 1 aliphatic heterocycles. The summed E-state index contributed by atoms with van der Waals surface area (Å²) in [5.41, 5.74) is 1.35. The maximum Gasteiger partial charge on any atom is 0.123 e. The van der Waals surface area contributed by atoms with Crippen LogP contribution < -0.4 is 10.1 Å². The van der Waals surface area contributed by atoms with Gasteiger partial charge in [-0.1, -0.05) is 25.1 Å². The van der Waals surface area contributed by atoms with Crippen LogP contribution in [0.15, 0.2) is 24.3 Å². The van der Waals surface area contributed by atoms with E-state index in [4.69, 9.17) is 9.47 Å². The number of hydrogen-bond acceptors (Lipinski definition) is 3. The van der Waals surface area contributed by atoms with Crippen LogP contribution in [0.1, 0.15) is 18.9 Å². The number of para-hydroxylation sites is 1. The van der Waals surface area contributed by atoms with Crippen molar-refractivity contribution in [2.24, 2.45) is 5.92 Å². The number of fused-ring (bicyclic) bond motifs is 1. The maximum absolute atomic E-state index is 5.95. The van der Waals surface area contributed by atoms with E-state index in [2.05, 4.69) is 30.4 Å². The lowest BCUT2D eigenvalue weighted by Gasteiger charge is -2.17. The third-order valence-electron chi connectivity index (χ3n) is 3.35. The average molecular weight is 249 g/mol. The zero-order valence-electron chi connectivity index (χ0n) is 11.3. The van der Waals surface area contributed by atoms with Crippen molar-refractivity contribution in [2.45, 2.75) is 25.9 Å². The van der Waals surface area contributed by atoms with E-state index in [1.54, 1.807) is 7.11 Å². The number of hydrogen-bond donors (Lipinski definition) is 1. The van der Waals surface area contributed by atoms with Crippen LogP contribution in [0.3, 0.4) is 0 Å². The summed E-state index contributed by atoms with van der Waals surface area (Å²) in [6.07, 6.45) is 2.51. The van der Waals surface area contributed by atoms with Gasteiger partial charge in [-0.25, -0.2) is 0 Å². The molecule has 100 valence electrons. The van der Waals surface area contributed by atoms with E-state index >= 15 is 0 Å². The summed E-state index contributed by atoms with van der Waals surface area (Å²) in [5, 5.41) is 3.40. The molecular weight excluding hydrogens is 226 g/mol. The molecule has 0 aliphatic carbocycles. The van der Waals surface area contributed by atoms with E-state index in [1.165, 1.54) is 5.56 Å². The third kappa shape index (κ3) is 3.72. The van der Waals surface area contributed by atoms with Crippen molar-refractivity contribution in [1.82, 2.24) is 5.32 Å². The molecule has 3 nitrogen and oxygen atoms in total. The average Bonchev–Trinajstić information content (AvgIpc) is 2.76. The van der Waals surface area contributed by atoms with E-state index in [0.29, 0.717) is 12.0 Å². The fourth-order valence-corrected chi connectivity index (χ4v) is 2.44. The standard InChI is InChI=1S/C15H23NO2/c1-12(11-16-7-8-17-2)9-14-10-13-5-3-4-6-15(13)18-14/h3-6,12,14,16H,7-11H2,1-2H3. The van der Waals surface area contributed by atoms with Gasteiger partial charge in [0.25, 0.3) is 0 Å². The van der Waals surface area contributed by atoms with Gasteiger partial charge in [0.1, 0.15) is 11.9 Å². The summed E-state index contributed by atoms with van der Waals surface area (Å²) in [6.45, 7) is 5.00. The van der Waals surface area contributed by atoms with Gasteiger partial charge < -0.3 is 14.8 Å². The van der Waals surface area contributed by atoms with Gasteiger partial charge in [0.05, 0.1) is 6.61 Å². The second-order valence-corrected chi connectivity index (χ2v) is 5.09. The molecular formula is C15H23NO2. The Morgan fingerprint density at radius 1 is 1.44 bits per heavy atom. The van der Waals surface area contributed by atoms with Crippen LogP contribution in [0, 0.1) is 5.92 Å². The number of methoxy groups -OCH3 is 1. The Kier molecular flexibility index (Phi) is 5.02. The summed E-state index contributed by atoms with van der Waals surface area (Å²) >= 11 is 0. The van der Waals surface area contributed by atoms with E-state index in [0.717, 1.165) is 38.3 Å². The molecule has 2 atom stereocenters. The van der Waals surface area contributed by atoms with Crippen molar-refractivity contribution < 1.29 is 9.47 Å². The SMILES string of the molecule is COCCNCC(C)CC1Cc2ccccc2O1. The lowest BCUT2D eigenvalue weighted by Crippen LogP contribution is -2.28. The zero-order chi connectivity index (χ0) is 12.8. The molecule has 0 fully saturated rings. The molecule has 1 aromatic carbocycles. The predicted molar refractivity (Wildman–Crippen MR) is 73.1 cm³/mol. The van der Waals surface area contributed by atoms with Crippen LogP contribution in [0.5, 0.6) is 5.75 Å². The Balaban J connectivity index is 1.69. The summed E-state index contributed by atoms with van der Waals surface area (Å²) < 4.78 is 11.0. The van der Waals surface area contributed by atoms with Crippen LogP contribution in [-0.2, 0) is 11.2 Å². The Labute approximate surface area is 109 Å². The van der Waals surface area contributed by atoms with Crippen molar-refractivity contribution in [3.63, 3.8) is 0 Å². The molecule has 0 radical (unpaired) electrons. The molecule has 0 spiro atoms. The molecule has 2 rings (SSSR count). The van der Waals surface area contributed by atoms with Crippen molar-refractivity contribution in [3.05, 3.63) is 29.8 Å². The number of ether oxygens (including phenoxy) is 2. The highest BCUT2D eigenvalue weighted by Crippen LogP contribution is 2.30. The van der Waals surface area contributed by atoms with E-state index in [9.17, 15) is 0 Å². The normalized spacial score (nSPS) is 19.3. The lowest BCUT2D eigenvalue weighted by atomic mass is 10.00. The summed E-state index contributed by atoms with van der Waals surface area (Å²) in [6, 6.07) is 8.35. The molecule has 1 N–H and O–H groups in total. The highest BCUT2D eigenvalue weighted by Gasteiger charge is 2.23. The highest BCUT2D eigenvalue weighted by molar-refractivity contribution is 5.37. The molecule has 0 amide bonds. The first-order chi connectivity index (χ1) is 8.79. The molecule has 0 bridgehead atoms. The van der Waals surface area contributed by atoms with Crippen LogP contribution in [0.25, 0.3) is 0 Å². The maximum atomic E-state index is 5.95. The van der Waals surface area contributed by atoms with Crippen LogP contribution in [0.2, 0.25) is 0 Å². The molecule has 1 heterocycles. The smallest absolute Gasteiger partial charge is 0.123 e. The quantitative estimate of drug-likeness (QED) is 0.752. The Morgan fingerprint density at radius 3 is 3.06 bits per heavy atom. The predicted octanol–water partition coefficient (Wildman–Crippen LogP) is 2.25. The molecule has 0 saturated carbocycles. The van der Waals surface area contributed by atoms with E-state index < -0.39 is 0 Å². The minimum atomic E-state index is 0.349. The van der Waals surface area contributed by atoms with Gasteiger partial charge in [0, 0.05) is 20.1 Å². The molecule has 0 saturated heterocycles. The first kappa shape index (κ1) is 13.4. The van der Waals surface area contributed by atoms with Gasteiger partial charge in [-0.3, -0.25) is 0 Å². The summed E-state index contributed by atoms with van der Waals surface area (Å²) in [7, 11) is 1.73. The molecule has 3 heteroatoms. The van der Waals surface area contributed by atoms with Crippen molar-refractivity contribution in [3.8, 4) is 5.75 Å². The minimum absolute atomic E-state index is 0.349. The summed E-state index contributed by atoms with van der Waals surface area (Å²) in [5.74, 6) is 1.70. The Bertz CT molecular complexity index is 342. The Morgan fingerprint density at radius 2 is 2.28 bits per heavy atom. The molecule has 2 unspecified atom stereocenters. The van der Waals surface area contributed by atoms with Crippen molar-refractivity contribution in [2.75, 3.05) is 26.8 Å². The van der Waals surface area contributed by atoms with Crippen LogP contribution >= 0.6 is 0 Å². The largest absolute Gasteiger partial charge is 0.490 e. The van der Waals surface area contributed by atoms with Crippen molar-refractivity contribution >= 4 is 0 Å². The molecule has 18 heavy (non-hydrogen) atoms. The molecule has 1 aliphatic rings.